The molecular formula is C23H25N3O3. The van der Waals surface area contributed by atoms with E-state index in [4.69, 9.17) is 4.74 Å². The third-order valence-corrected chi connectivity index (χ3v) is 5.18. The molecule has 0 spiro atoms. The first-order chi connectivity index (χ1) is 14.0. The van der Waals surface area contributed by atoms with Crippen molar-refractivity contribution in [2.75, 3.05) is 11.9 Å². The second-order valence-corrected chi connectivity index (χ2v) is 7.41. The summed E-state index contributed by atoms with van der Waals surface area (Å²) >= 11 is 0. The first-order valence-corrected chi connectivity index (χ1v) is 9.97. The Kier molecular flexibility index (Phi) is 5.25. The minimum Gasteiger partial charge on any atom is -0.494 e. The van der Waals surface area contributed by atoms with E-state index in [1.54, 1.807) is 4.90 Å². The fourth-order valence-electron chi connectivity index (χ4n) is 3.44. The molecule has 1 heterocycles. The van der Waals surface area contributed by atoms with E-state index < -0.39 is 0 Å². The Morgan fingerprint density at radius 2 is 2.00 bits per heavy atom. The van der Waals surface area contributed by atoms with E-state index >= 15 is 0 Å². The summed E-state index contributed by atoms with van der Waals surface area (Å²) in [4.78, 5) is 30.2. The molecule has 150 valence electrons. The van der Waals surface area contributed by atoms with Crippen molar-refractivity contribution in [2.24, 2.45) is 0 Å². The molecule has 2 amide bonds. The van der Waals surface area contributed by atoms with Crippen LogP contribution in [0.2, 0.25) is 0 Å². The third-order valence-electron chi connectivity index (χ3n) is 5.18. The number of hydrogen-bond acceptors (Lipinski definition) is 3. The first-order valence-electron chi connectivity index (χ1n) is 9.97. The number of H-pyrrole nitrogens is 1. The van der Waals surface area contributed by atoms with Crippen LogP contribution in [0, 0.1) is 6.92 Å². The molecule has 0 unspecified atom stereocenters. The molecule has 1 saturated carbocycles. The Hall–Kier alpha value is -3.28. The summed E-state index contributed by atoms with van der Waals surface area (Å²) in [6.45, 7) is 4.74. The zero-order valence-corrected chi connectivity index (χ0v) is 16.7. The number of nitrogens with one attached hydrogen (secondary N) is 2. The SMILES string of the molecule is CCOc1ccc2[nH]c(=O)c(CN(C(=O)Nc3ccccc3C)C3CC3)cc2c1. The monoisotopic (exact) mass is 391 g/mol. The van der Waals surface area contributed by atoms with Crippen LogP contribution in [-0.4, -0.2) is 28.6 Å². The number of aryl methyl sites for hydroxylation is 1. The molecular weight excluding hydrogens is 366 g/mol. The summed E-state index contributed by atoms with van der Waals surface area (Å²) in [7, 11) is 0. The molecule has 0 bridgehead atoms. The molecule has 3 aromatic rings. The number of nitrogens with zero attached hydrogens (tertiary/aromatic N) is 1. The molecule has 0 atom stereocenters. The summed E-state index contributed by atoms with van der Waals surface area (Å²) in [6, 6.07) is 15.1. The number of aromatic nitrogens is 1. The Balaban J connectivity index is 1.60. The molecule has 2 N–H and O–H groups in total. The van der Waals surface area contributed by atoms with Crippen LogP contribution in [-0.2, 0) is 6.54 Å². The zero-order valence-electron chi connectivity index (χ0n) is 16.7. The van der Waals surface area contributed by atoms with Gasteiger partial charge in [0.2, 0.25) is 0 Å². The fraction of sp³-hybridized carbons (Fsp3) is 0.304. The van der Waals surface area contributed by atoms with Gasteiger partial charge in [-0.3, -0.25) is 4.79 Å². The van der Waals surface area contributed by atoms with Crippen molar-refractivity contribution >= 4 is 22.6 Å². The van der Waals surface area contributed by atoms with Gasteiger partial charge < -0.3 is 19.9 Å². The molecule has 29 heavy (non-hydrogen) atoms. The number of hydrogen-bond donors (Lipinski definition) is 2. The van der Waals surface area contributed by atoms with E-state index in [1.165, 1.54) is 0 Å². The van der Waals surface area contributed by atoms with Crippen LogP contribution in [0.15, 0.2) is 53.3 Å². The number of amides is 2. The second kappa shape index (κ2) is 7.99. The number of fused-ring (bicyclic) bond motifs is 1. The molecule has 6 nitrogen and oxygen atoms in total. The Morgan fingerprint density at radius 3 is 2.72 bits per heavy atom. The number of anilines is 1. The highest BCUT2D eigenvalue weighted by atomic mass is 16.5. The second-order valence-electron chi connectivity index (χ2n) is 7.41. The van der Waals surface area contributed by atoms with Crippen LogP contribution in [0.1, 0.15) is 30.9 Å². The maximum atomic E-state index is 12.9. The van der Waals surface area contributed by atoms with E-state index in [9.17, 15) is 9.59 Å². The van der Waals surface area contributed by atoms with Gasteiger partial charge in [0.1, 0.15) is 5.75 Å². The summed E-state index contributed by atoms with van der Waals surface area (Å²) in [5.41, 5.74) is 2.94. The highest BCUT2D eigenvalue weighted by molar-refractivity contribution is 5.90. The van der Waals surface area contributed by atoms with Gasteiger partial charge in [-0.05, 0) is 62.6 Å². The summed E-state index contributed by atoms with van der Waals surface area (Å²) in [6.07, 6.45) is 1.92. The van der Waals surface area contributed by atoms with Crippen LogP contribution in [0.4, 0.5) is 10.5 Å². The highest BCUT2D eigenvalue weighted by Crippen LogP contribution is 2.29. The third kappa shape index (κ3) is 4.26. The molecule has 2 aromatic carbocycles. The van der Waals surface area contributed by atoms with Gasteiger partial charge in [-0.15, -0.1) is 0 Å². The lowest BCUT2D eigenvalue weighted by atomic mass is 10.1. The average molecular weight is 391 g/mol. The van der Waals surface area contributed by atoms with Crippen molar-refractivity contribution < 1.29 is 9.53 Å². The van der Waals surface area contributed by atoms with Gasteiger partial charge in [0.05, 0.1) is 13.2 Å². The highest BCUT2D eigenvalue weighted by Gasteiger charge is 2.33. The number of carbonyl (C=O) groups excluding carboxylic acids is 1. The number of pyridine rings is 1. The summed E-state index contributed by atoms with van der Waals surface area (Å²) in [5, 5.41) is 3.88. The molecule has 0 saturated heterocycles. The number of benzene rings is 2. The van der Waals surface area contributed by atoms with Crippen molar-refractivity contribution in [3.05, 3.63) is 70.0 Å². The Bertz CT molecular complexity index is 1100. The molecule has 1 aromatic heterocycles. The quantitative estimate of drug-likeness (QED) is 0.653. The van der Waals surface area contributed by atoms with Crippen molar-refractivity contribution in [2.45, 2.75) is 39.3 Å². The standard InChI is InChI=1S/C23H25N3O3/c1-3-29-19-10-11-21-16(13-19)12-17(22(27)24-21)14-26(18-8-9-18)23(28)25-20-7-5-4-6-15(20)2/h4-7,10-13,18H,3,8-9,14H2,1-2H3,(H,24,27)(H,25,28). The van der Waals surface area contributed by atoms with E-state index in [2.05, 4.69) is 10.3 Å². The van der Waals surface area contributed by atoms with Crippen LogP contribution in [0.25, 0.3) is 10.9 Å². The van der Waals surface area contributed by atoms with Gasteiger partial charge in [0.25, 0.3) is 5.56 Å². The van der Waals surface area contributed by atoms with Crippen LogP contribution in [0.5, 0.6) is 5.75 Å². The van der Waals surface area contributed by atoms with Crippen molar-refractivity contribution in [1.29, 1.82) is 0 Å². The van der Waals surface area contributed by atoms with Crippen molar-refractivity contribution in [1.82, 2.24) is 9.88 Å². The van der Waals surface area contributed by atoms with E-state index in [-0.39, 0.29) is 24.2 Å². The predicted molar refractivity (Wildman–Crippen MR) is 115 cm³/mol. The maximum Gasteiger partial charge on any atom is 0.322 e. The largest absolute Gasteiger partial charge is 0.494 e. The zero-order chi connectivity index (χ0) is 20.4. The normalized spacial score (nSPS) is 13.3. The minimum absolute atomic E-state index is 0.170. The smallest absolute Gasteiger partial charge is 0.322 e. The lowest BCUT2D eigenvalue weighted by Gasteiger charge is -2.23. The van der Waals surface area contributed by atoms with E-state index in [0.717, 1.165) is 40.7 Å². The first kappa shape index (κ1) is 19.1. The van der Waals surface area contributed by atoms with E-state index in [1.807, 2.05) is 62.4 Å². The summed E-state index contributed by atoms with van der Waals surface area (Å²) in [5.74, 6) is 0.759. The number of carbonyl (C=O) groups is 1. The number of para-hydroxylation sites is 1. The van der Waals surface area contributed by atoms with Crippen LogP contribution >= 0.6 is 0 Å². The number of rotatable bonds is 6. The van der Waals surface area contributed by atoms with Crippen molar-refractivity contribution in [3.63, 3.8) is 0 Å². The number of aromatic amines is 1. The predicted octanol–water partition coefficient (Wildman–Crippen LogP) is 4.43. The minimum atomic E-state index is -0.177. The van der Waals surface area contributed by atoms with Gasteiger partial charge in [-0.25, -0.2) is 4.79 Å². The van der Waals surface area contributed by atoms with Gasteiger partial charge in [-0.1, -0.05) is 18.2 Å². The maximum absolute atomic E-state index is 12.9. The summed E-state index contributed by atoms with van der Waals surface area (Å²) < 4.78 is 5.56. The van der Waals surface area contributed by atoms with E-state index in [0.29, 0.717) is 12.2 Å². The molecule has 1 aliphatic carbocycles. The van der Waals surface area contributed by atoms with Gasteiger partial charge in [0, 0.05) is 28.2 Å². The lowest BCUT2D eigenvalue weighted by molar-refractivity contribution is 0.206. The van der Waals surface area contributed by atoms with Crippen LogP contribution in [0.3, 0.4) is 0 Å². The van der Waals surface area contributed by atoms with Gasteiger partial charge in [0.15, 0.2) is 0 Å². The molecule has 1 aliphatic rings. The topological polar surface area (TPSA) is 74.4 Å². The van der Waals surface area contributed by atoms with Gasteiger partial charge >= 0.3 is 6.03 Å². The van der Waals surface area contributed by atoms with Crippen LogP contribution < -0.4 is 15.6 Å². The molecule has 0 radical (unpaired) electrons. The average Bonchev–Trinajstić information content (AvgIpc) is 3.53. The lowest BCUT2D eigenvalue weighted by Crippen LogP contribution is -2.37. The molecule has 4 rings (SSSR count). The Morgan fingerprint density at radius 1 is 1.21 bits per heavy atom. The van der Waals surface area contributed by atoms with Gasteiger partial charge in [-0.2, -0.15) is 0 Å². The molecule has 6 heteroatoms. The van der Waals surface area contributed by atoms with Crippen molar-refractivity contribution in [3.8, 4) is 5.75 Å². The Labute approximate surface area is 169 Å². The number of ether oxygens (including phenoxy) is 1. The number of urea groups is 1. The molecule has 1 fully saturated rings. The fourth-order valence-corrected chi connectivity index (χ4v) is 3.44. The molecule has 0 aliphatic heterocycles.